The zero-order valence-electron chi connectivity index (χ0n) is 11.9. The number of carbonyl (C=O) groups is 1. The zero-order chi connectivity index (χ0) is 15.0. The minimum absolute atomic E-state index is 0.0366. The molecule has 1 aromatic rings. The van der Waals surface area contributed by atoms with E-state index in [0.29, 0.717) is 6.42 Å². The van der Waals surface area contributed by atoms with Crippen molar-refractivity contribution in [1.29, 1.82) is 0 Å². The van der Waals surface area contributed by atoms with Crippen LogP contribution in [0.2, 0.25) is 0 Å². The lowest BCUT2D eigenvalue weighted by atomic mass is 10.0. The summed E-state index contributed by atoms with van der Waals surface area (Å²) in [6.45, 7) is 4.12. The number of aliphatic hydroxyl groups is 1. The van der Waals surface area contributed by atoms with E-state index < -0.39 is 5.82 Å². The second kappa shape index (κ2) is 8.53. The predicted octanol–water partition coefficient (Wildman–Crippen LogP) is 2.12. The molecule has 1 aromatic carbocycles. The van der Waals surface area contributed by atoms with Gasteiger partial charge in [-0.2, -0.15) is 0 Å². The van der Waals surface area contributed by atoms with Crippen LogP contribution in [0.3, 0.4) is 0 Å². The van der Waals surface area contributed by atoms with Crippen LogP contribution in [-0.4, -0.2) is 30.3 Å². The molecule has 4 nitrogen and oxygen atoms in total. The Labute approximate surface area is 119 Å². The zero-order valence-corrected chi connectivity index (χ0v) is 11.9. The first-order valence-corrected chi connectivity index (χ1v) is 6.82. The Kier molecular flexibility index (Phi) is 7.01. The molecule has 0 spiro atoms. The van der Waals surface area contributed by atoms with Gasteiger partial charge in [-0.15, -0.1) is 0 Å². The molecule has 0 bridgehead atoms. The van der Waals surface area contributed by atoms with Gasteiger partial charge in [-0.05, 0) is 24.5 Å². The highest BCUT2D eigenvalue weighted by Crippen LogP contribution is 2.15. The molecule has 0 saturated carbocycles. The van der Waals surface area contributed by atoms with Crippen LogP contribution in [0.25, 0.3) is 0 Å². The summed E-state index contributed by atoms with van der Waals surface area (Å²) >= 11 is 0. The highest BCUT2D eigenvalue weighted by atomic mass is 19.1. The monoisotopic (exact) mass is 283 g/mol. The third kappa shape index (κ3) is 5.57. The van der Waals surface area contributed by atoms with Crippen LogP contribution in [0.4, 0.5) is 4.39 Å². The molecule has 1 amide bonds. The molecule has 2 N–H and O–H groups in total. The van der Waals surface area contributed by atoms with Crippen LogP contribution in [0, 0.1) is 11.7 Å². The number of rotatable bonds is 8. The molecule has 0 aromatic heterocycles. The Morgan fingerprint density at radius 3 is 2.70 bits per heavy atom. The first-order valence-electron chi connectivity index (χ1n) is 6.82. The smallest absolute Gasteiger partial charge is 0.223 e. The van der Waals surface area contributed by atoms with E-state index in [-0.39, 0.29) is 43.3 Å². The lowest BCUT2D eigenvalue weighted by Gasteiger charge is -2.21. The number of nitrogens with one attached hydrogen (secondary N) is 1. The molecule has 20 heavy (non-hydrogen) atoms. The predicted molar refractivity (Wildman–Crippen MR) is 75.0 cm³/mol. The number of hydrogen-bond donors (Lipinski definition) is 2. The molecule has 0 fully saturated rings. The second-order valence-corrected chi connectivity index (χ2v) is 4.96. The van der Waals surface area contributed by atoms with Crippen molar-refractivity contribution >= 4 is 5.91 Å². The summed E-state index contributed by atoms with van der Waals surface area (Å²) < 4.78 is 18.5. The van der Waals surface area contributed by atoms with Crippen LogP contribution < -0.4 is 10.1 Å². The summed E-state index contributed by atoms with van der Waals surface area (Å²) in [5.74, 6) is -0.198. The Hall–Kier alpha value is -1.62. The standard InChI is InChI=1S/C15H22FNO3/c1-11(2)13(7-9-18)17-15(19)8-10-20-14-6-4-3-5-12(14)16/h3-6,11,13,18H,7-10H2,1-2H3,(H,17,19). The summed E-state index contributed by atoms with van der Waals surface area (Å²) in [7, 11) is 0. The highest BCUT2D eigenvalue weighted by Gasteiger charge is 2.15. The van der Waals surface area contributed by atoms with E-state index in [2.05, 4.69) is 5.32 Å². The molecule has 0 radical (unpaired) electrons. The number of aliphatic hydroxyl groups excluding tert-OH is 1. The quantitative estimate of drug-likeness (QED) is 0.768. The van der Waals surface area contributed by atoms with Crippen LogP contribution >= 0.6 is 0 Å². The maximum atomic E-state index is 13.3. The third-order valence-electron chi connectivity index (χ3n) is 3.01. The van der Waals surface area contributed by atoms with Crippen molar-refractivity contribution in [1.82, 2.24) is 5.32 Å². The summed E-state index contributed by atoms with van der Waals surface area (Å²) in [5.41, 5.74) is 0. The summed E-state index contributed by atoms with van der Waals surface area (Å²) in [5, 5.41) is 11.8. The number of para-hydroxylation sites is 1. The van der Waals surface area contributed by atoms with Gasteiger partial charge in [-0.3, -0.25) is 4.79 Å². The molecule has 0 heterocycles. The summed E-state index contributed by atoms with van der Waals surface area (Å²) in [4.78, 5) is 11.7. The van der Waals surface area contributed by atoms with E-state index in [1.54, 1.807) is 12.1 Å². The van der Waals surface area contributed by atoms with Crippen molar-refractivity contribution in [2.24, 2.45) is 5.92 Å². The fraction of sp³-hybridized carbons (Fsp3) is 0.533. The van der Waals surface area contributed by atoms with E-state index in [1.807, 2.05) is 13.8 Å². The topological polar surface area (TPSA) is 58.6 Å². The van der Waals surface area contributed by atoms with Crippen LogP contribution in [-0.2, 0) is 4.79 Å². The highest BCUT2D eigenvalue weighted by molar-refractivity contribution is 5.76. The van der Waals surface area contributed by atoms with Gasteiger partial charge in [0.1, 0.15) is 0 Å². The Balaban J connectivity index is 2.34. The number of amides is 1. The van der Waals surface area contributed by atoms with Crippen LogP contribution in [0.1, 0.15) is 26.7 Å². The maximum Gasteiger partial charge on any atom is 0.223 e. The van der Waals surface area contributed by atoms with Gasteiger partial charge >= 0.3 is 0 Å². The molecule has 0 aliphatic carbocycles. The first-order chi connectivity index (χ1) is 9.54. The fourth-order valence-electron chi connectivity index (χ4n) is 1.81. The third-order valence-corrected chi connectivity index (χ3v) is 3.01. The van der Waals surface area contributed by atoms with E-state index in [1.165, 1.54) is 12.1 Å². The van der Waals surface area contributed by atoms with Crippen LogP contribution in [0.5, 0.6) is 5.75 Å². The normalized spacial score (nSPS) is 12.2. The van der Waals surface area contributed by atoms with E-state index in [4.69, 9.17) is 9.84 Å². The molecule has 0 saturated heterocycles. The van der Waals surface area contributed by atoms with E-state index in [9.17, 15) is 9.18 Å². The minimum atomic E-state index is -0.437. The average Bonchev–Trinajstić information content (AvgIpc) is 2.40. The van der Waals surface area contributed by atoms with E-state index >= 15 is 0 Å². The average molecular weight is 283 g/mol. The number of benzene rings is 1. The van der Waals surface area contributed by atoms with Crippen molar-refractivity contribution in [2.75, 3.05) is 13.2 Å². The number of carbonyl (C=O) groups excluding carboxylic acids is 1. The molecule has 1 rings (SSSR count). The van der Waals surface area contributed by atoms with E-state index in [0.717, 1.165) is 0 Å². The van der Waals surface area contributed by atoms with Crippen molar-refractivity contribution in [2.45, 2.75) is 32.7 Å². The first kappa shape index (κ1) is 16.4. The van der Waals surface area contributed by atoms with Crippen molar-refractivity contribution < 1.29 is 19.0 Å². The maximum absolute atomic E-state index is 13.3. The van der Waals surface area contributed by atoms with Crippen LogP contribution in [0.15, 0.2) is 24.3 Å². The number of ether oxygens (including phenoxy) is 1. The summed E-state index contributed by atoms with van der Waals surface area (Å²) in [6, 6.07) is 6.04. The van der Waals surface area contributed by atoms with Gasteiger partial charge < -0.3 is 15.2 Å². The molecular weight excluding hydrogens is 261 g/mol. The molecule has 1 atom stereocenters. The molecular formula is C15H22FNO3. The molecule has 0 aliphatic heterocycles. The lowest BCUT2D eigenvalue weighted by Crippen LogP contribution is -2.39. The Morgan fingerprint density at radius 2 is 2.10 bits per heavy atom. The van der Waals surface area contributed by atoms with Gasteiger partial charge in [-0.1, -0.05) is 26.0 Å². The van der Waals surface area contributed by atoms with Gasteiger partial charge in [0.2, 0.25) is 5.91 Å². The minimum Gasteiger partial charge on any atom is -0.490 e. The molecule has 1 unspecified atom stereocenters. The summed E-state index contributed by atoms with van der Waals surface area (Å²) in [6.07, 6.45) is 0.681. The largest absolute Gasteiger partial charge is 0.490 e. The van der Waals surface area contributed by atoms with Gasteiger partial charge in [0.05, 0.1) is 13.0 Å². The second-order valence-electron chi connectivity index (χ2n) is 4.96. The van der Waals surface area contributed by atoms with Crippen molar-refractivity contribution in [3.63, 3.8) is 0 Å². The van der Waals surface area contributed by atoms with Gasteiger partial charge in [-0.25, -0.2) is 4.39 Å². The SMILES string of the molecule is CC(C)C(CCO)NC(=O)CCOc1ccccc1F. The van der Waals surface area contributed by atoms with Gasteiger partial charge in [0.15, 0.2) is 11.6 Å². The molecule has 0 aliphatic rings. The molecule has 112 valence electrons. The Morgan fingerprint density at radius 1 is 1.40 bits per heavy atom. The van der Waals surface area contributed by atoms with Gasteiger partial charge in [0.25, 0.3) is 0 Å². The Bertz CT molecular complexity index is 423. The van der Waals surface area contributed by atoms with Crippen molar-refractivity contribution in [3.05, 3.63) is 30.1 Å². The molecule has 5 heteroatoms. The number of halogens is 1. The van der Waals surface area contributed by atoms with Crippen molar-refractivity contribution in [3.8, 4) is 5.75 Å². The lowest BCUT2D eigenvalue weighted by molar-refractivity contribution is -0.122. The van der Waals surface area contributed by atoms with Gasteiger partial charge in [0, 0.05) is 12.6 Å². The fourth-order valence-corrected chi connectivity index (χ4v) is 1.81. The number of hydrogen-bond acceptors (Lipinski definition) is 3.